The predicted molar refractivity (Wildman–Crippen MR) is 388 cm³/mol. The van der Waals surface area contributed by atoms with Crippen molar-refractivity contribution in [2.24, 2.45) is 47.3 Å². The van der Waals surface area contributed by atoms with Gasteiger partial charge >= 0.3 is 168 Å². The van der Waals surface area contributed by atoms with Crippen molar-refractivity contribution in [1.29, 1.82) is 0 Å². The molecule has 11 rings (SSSR count). The van der Waals surface area contributed by atoms with Crippen LogP contribution in [-0.4, -0.2) is 148 Å². The summed E-state index contributed by atoms with van der Waals surface area (Å²) in [6.45, 7) is -0.181. The molecule has 5 fully saturated rings. The largest absolute Gasteiger partial charge is 1.00 e. The summed E-state index contributed by atoms with van der Waals surface area (Å²) in [5.41, 5.74) is 5.05. The van der Waals surface area contributed by atoms with Crippen molar-refractivity contribution in [2.75, 3.05) is 42.5 Å². The molecule has 38 heteroatoms. The average molecular weight is 1820 g/mol. The first-order valence-corrected chi connectivity index (χ1v) is 36.3. The Labute approximate surface area is 762 Å². The predicted octanol–water partition coefficient (Wildman–Crippen LogP) is 4.69. The van der Waals surface area contributed by atoms with E-state index in [1.807, 2.05) is 54.6 Å². The van der Waals surface area contributed by atoms with Crippen LogP contribution < -0.4 is 127 Å². The molecule has 576 valence electrons. The first-order valence-electron chi connectivity index (χ1n) is 32.4. The summed E-state index contributed by atoms with van der Waals surface area (Å²) in [6, 6.07) is 17.3. The van der Waals surface area contributed by atoms with Crippen LogP contribution in [0.5, 0.6) is 0 Å². The number of carboxylic acids is 2. The number of hydrogen-bond acceptors (Lipinski definition) is 25. The molecular formula is C69H84Br3Cl4K2LiN4O24. The summed E-state index contributed by atoms with van der Waals surface area (Å²) in [6.07, 6.45) is 17.0. The second-order valence-electron chi connectivity index (χ2n) is 24.2. The topological polar surface area (TPSA) is 426 Å². The molecule has 5 aliphatic carbocycles. The van der Waals surface area contributed by atoms with Crippen molar-refractivity contribution < 1.29 is 239 Å². The Balaban J connectivity index is -0.00000118. The number of methoxy groups -OCH3 is 4. The maximum Gasteiger partial charge on any atom is 1.00 e. The number of aromatic nitrogens is 3. The molecule has 0 spiro atoms. The molecule has 28 nitrogen and oxygen atoms in total. The summed E-state index contributed by atoms with van der Waals surface area (Å²) in [5, 5.41) is 23.3. The summed E-state index contributed by atoms with van der Waals surface area (Å²) in [7, 11) is 8.97. The van der Waals surface area contributed by atoms with Gasteiger partial charge in [0.1, 0.15) is 16.6 Å². The molecule has 5 aliphatic rings. The first-order chi connectivity index (χ1) is 48.9. The number of benzene rings is 3. The van der Waals surface area contributed by atoms with E-state index in [0.29, 0.717) is 70.1 Å². The number of halogens is 7. The van der Waals surface area contributed by atoms with Gasteiger partial charge in [0, 0.05) is 51.2 Å². The van der Waals surface area contributed by atoms with Crippen LogP contribution in [0.25, 0.3) is 33.3 Å². The zero-order valence-electron chi connectivity index (χ0n) is 61.7. The van der Waals surface area contributed by atoms with Gasteiger partial charge in [0.25, 0.3) is 6.47 Å². The molecule has 0 bridgehead atoms. The average Bonchev–Trinajstić information content (AvgIpc) is 1.67. The van der Waals surface area contributed by atoms with Crippen molar-refractivity contribution in [3.05, 3.63) is 86.2 Å². The van der Waals surface area contributed by atoms with Crippen LogP contribution in [0.15, 0.2) is 87.7 Å². The summed E-state index contributed by atoms with van der Waals surface area (Å²) in [5.74, 6) is -0.633. The molecule has 0 saturated heterocycles. The van der Waals surface area contributed by atoms with Crippen LogP contribution in [-0.2, 0) is 81.4 Å². The van der Waals surface area contributed by atoms with Crippen LogP contribution in [0.2, 0.25) is 0 Å². The number of fused-ring (bicyclic) bond motifs is 3. The molecule has 0 aliphatic heterocycles. The first kappa shape index (κ1) is 106. The second kappa shape index (κ2) is 57.9. The number of hydrogen-bond donors (Lipinski definition) is 2. The molecule has 3 aromatic carbocycles. The fraction of sp³-hybridized carbons (Fsp3) is 0.522. The van der Waals surface area contributed by atoms with Gasteiger partial charge in [-0.1, -0.05) is 47.8 Å². The number of amides is 1. The molecule has 0 unspecified atom stereocenters. The third-order valence-electron chi connectivity index (χ3n) is 17.2. The van der Waals surface area contributed by atoms with E-state index in [4.69, 9.17) is 61.5 Å². The molecule has 3 aromatic heterocycles. The number of ether oxygens (including phenoxy) is 4. The molecule has 3 N–H and O–H groups in total. The van der Waals surface area contributed by atoms with Crippen molar-refractivity contribution in [1.82, 2.24) is 19.9 Å². The second-order valence-corrected chi connectivity index (χ2v) is 28.4. The van der Waals surface area contributed by atoms with E-state index in [2.05, 4.69) is 105 Å². The molecular weight excluding hydrogens is 1740 g/mol. The molecule has 0 atom stereocenters. The molecule has 6 aromatic rings. The zero-order chi connectivity index (χ0) is 76.9. The molecule has 0 radical (unpaired) electrons. The SMILES string of the molecule is Brc1ccc2ocnc2c1.CN(C)C=O.COC(=O)C1CCC(C(=O)Cl)CC1.COC(=O)C1CCC(C(=O)Cl)CC1.COC(=O)C1CCC(C(=O)O)CC1.COC(=O)C1CCC(c2nc3cc(Br)ccc3o2)CC1.O=C(Cl)C(=O)Cl.O=C(O)C1CCC(c2nc3cc(Br)ccc3o2)CC1.O=CO[O-].[H-].[K+].[K+].[Li+].[OH-]. The molecule has 5 saturated carbocycles. The van der Waals surface area contributed by atoms with Gasteiger partial charge in [-0.25, -0.2) is 15.0 Å². The van der Waals surface area contributed by atoms with Crippen molar-refractivity contribution in [3.8, 4) is 0 Å². The maximum atomic E-state index is 11.5. The van der Waals surface area contributed by atoms with Gasteiger partial charge < -0.3 is 64.4 Å². The van der Waals surface area contributed by atoms with E-state index in [-0.39, 0.29) is 223 Å². The minimum Gasteiger partial charge on any atom is -1.00 e. The van der Waals surface area contributed by atoms with Gasteiger partial charge in [-0.3, -0.25) is 57.5 Å². The van der Waals surface area contributed by atoms with E-state index < -0.39 is 22.4 Å². The number of oxazole rings is 3. The standard InChI is InChI=1S/C15H16BrNO3.C14H14BrNO3.2C9H13ClO3.C9H14O4.C7H4BrNO.C3H7NO.C2Cl2O2.CH2O3.2K.Li.H2O.H/c1-19-15(18)10-4-2-9(3-5-10)14-17-12-8-11(16)6-7-13(12)20-14;15-10-5-6-12-11(7-10)16-13(19-12)8-1-3-9(4-2-8)14(17)18;3*1-13-9(12)7-4-2-6(3-5-7)8(10)11;8-5-1-2-7-6(3-5)9-4-10-7;1-4(2)3-5;3-1(5)2(4)6;2-1-4-3;;;;;/h6-10H,2-5H2,1H3;5-9H,1-4H2,(H,17,18);2*6-7H,2-5H2,1H3;6-7H,2-5H2,1H3,(H,10,11);1-4H;3H,1-2H3;;1,3H;;;;1H2;/q;;;;;;;;;3*+1;;-1/p-2. The summed E-state index contributed by atoms with van der Waals surface area (Å²) < 4.78 is 38.3. The van der Waals surface area contributed by atoms with E-state index in [1.54, 1.807) is 14.1 Å². The third kappa shape index (κ3) is 39.5. The van der Waals surface area contributed by atoms with E-state index in [1.165, 1.54) is 39.7 Å². The van der Waals surface area contributed by atoms with E-state index >= 15 is 0 Å². The Hall–Kier alpha value is -3.10. The van der Waals surface area contributed by atoms with Gasteiger partial charge in [0.2, 0.25) is 16.9 Å². The normalized spacial score (nSPS) is 20.7. The summed E-state index contributed by atoms with van der Waals surface area (Å²) in [4.78, 5) is 142. The monoisotopic (exact) mass is 1810 g/mol. The minimum absolute atomic E-state index is 0. The van der Waals surface area contributed by atoms with Crippen molar-refractivity contribution in [2.45, 2.75) is 140 Å². The van der Waals surface area contributed by atoms with Crippen molar-refractivity contribution >= 4 is 197 Å². The van der Waals surface area contributed by atoms with Gasteiger partial charge in [0.15, 0.2) is 34.9 Å². The van der Waals surface area contributed by atoms with Crippen LogP contribution >= 0.6 is 94.2 Å². The molecule has 1 amide bonds. The Kier molecular flexibility index (Phi) is 57.3. The van der Waals surface area contributed by atoms with Gasteiger partial charge in [-0.15, -0.1) is 0 Å². The molecule has 3 heterocycles. The number of esters is 4. The Morgan fingerprint density at radius 2 is 0.729 bits per heavy atom. The summed E-state index contributed by atoms with van der Waals surface area (Å²) >= 11 is 29.9. The number of aliphatic carboxylic acids is 2. The number of carbonyl (C=O) groups excluding carboxylic acids is 10. The molecule has 107 heavy (non-hydrogen) atoms. The zero-order valence-corrected chi connectivity index (χ0v) is 74.7. The Morgan fingerprint density at radius 1 is 0.477 bits per heavy atom. The third-order valence-corrected chi connectivity index (χ3v) is 19.8. The number of carboxylic acid groups (broad SMARTS) is 2. The van der Waals surface area contributed by atoms with Crippen LogP contribution in [0.1, 0.15) is 153 Å². The smallest absolute Gasteiger partial charge is 1.00 e. The Morgan fingerprint density at radius 3 is 0.981 bits per heavy atom. The van der Waals surface area contributed by atoms with Gasteiger partial charge in [0.05, 0.1) is 63.9 Å². The number of carbonyl (C=O) groups is 12. The van der Waals surface area contributed by atoms with Gasteiger partial charge in [-0.2, -0.15) is 0 Å². The van der Waals surface area contributed by atoms with Gasteiger partial charge in [-0.05, 0) is 229 Å². The van der Waals surface area contributed by atoms with Crippen molar-refractivity contribution in [3.63, 3.8) is 0 Å². The number of rotatable bonds is 13. The van der Waals surface area contributed by atoms with Crippen LogP contribution in [0.4, 0.5) is 0 Å². The quantitative estimate of drug-likeness (QED) is 0.0231. The Bertz CT molecular complexity index is 3630. The fourth-order valence-electron chi connectivity index (χ4n) is 11.5. The maximum absolute atomic E-state index is 11.5. The minimum atomic E-state index is -1.14. The van der Waals surface area contributed by atoms with Crippen LogP contribution in [0.3, 0.4) is 0 Å². The van der Waals surface area contributed by atoms with Crippen LogP contribution in [0, 0.1) is 47.3 Å². The van der Waals surface area contributed by atoms with E-state index in [9.17, 15) is 52.7 Å². The fourth-order valence-corrected chi connectivity index (χ4v) is 13.0. The van der Waals surface area contributed by atoms with E-state index in [0.717, 1.165) is 129 Å². The number of nitrogens with zero attached hydrogens (tertiary/aromatic N) is 4.